The minimum atomic E-state index is -0.0377. The van der Waals surface area contributed by atoms with Gasteiger partial charge >= 0.3 is 0 Å². The van der Waals surface area contributed by atoms with Gasteiger partial charge in [0.05, 0.1) is 13.7 Å². The number of benzene rings is 3. The Balaban J connectivity index is 1.58. The Kier molecular flexibility index (Phi) is 8.59. The van der Waals surface area contributed by atoms with Crippen LogP contribution in [-0.4, -0.2) is 25.4 Å². The molecule has 0 saturated carbocycles. The fraction of sp³-hybridized carbons (Fsp3) is 0.280. The maximum absolute atomic E-state index is 8.94. The topological polar surface area (TPSA) is 60.0 Å². The van der Waals surface area contributed by atoms with Crippen molar-refractivity contribution in [3.05, 3.63) is 88.4 Å². The Morgan fingerprint density at radius 1 is 0.968 bits per heavy atom. The fourth-order valence-corrected chi connectivity index (χ4v) is 3.33. The zero-order valence-corrected chi connectivity index (χ0v) is 18.6. The van der Waals surface area contributed by atoms with Crippen LogP contribution in [0.25, 0.3) is 0 Å². The second-order valence-electron chi connectivity index (χ2n) is 7.11. The number of aliphatic hydroxyl groups excluding tert-OH is 1. The van der Waals surface area contributed by atoms with Crippen molar-refractivity contribution >= 4 is 11.6 Å². The van der Waals surface area contributed by atoms with Gasteiger partial charge in [0.15, 0.2) is 11.5 Å². The van der Waals surface area contributed by atoms with E-state index in [0.717, 1.165) is 22.4 Å². The highest BCUT2D eigenvalue weighted by Crippen LogP contribution is 2.30. The van der Waals surface area contributed by atoms with Crippen LogP contribution >= 0.6 is 11.6 Å². The molecule has 164 valence electrons. The van der Waals surface area contributed by atoms with Crippen LogP contribution in [0, 0.1) is 0 Å². The van der Waals surface area contributed by atoms with Gasteiger partial charge in [0.1, 0.15) is 19.0 Å². The van der Waals surface area contributed by atoms with Crippen molar-refractivity contribution in [1.82, 2.24) is 5.32 Å². The molecular formula is C25H28ClNO4. The van der Waals surface area contributed by atoms with E-state index in [0.29, 0.717) is 29.7 Å². The van der Waals surface area contributed by atoms with Crippen LogP contribution in [0.2, 0.25) is 5.02 Å². The Labute approximate surface area is 188 Å². The van der Waals surface area contributed by atoms with Gasteiger partial charge in [0, 0.05) is 23.2 Å². The number of hydrogen-bond donors (Lipinski definition) is 2. The van der Waals surface area contributed by atoms with Gasteiger partial charge in [-0.05, 0) is 48.4 Å². The van der Waals surface area contributed by atoms with E-state index in [9.17, 15) is 0 Å². The number of rotatable bonds is 11. The molecule has 0 fully saturated rings. The van der Waals surface area contributed by atoms with E-state index < -0.39 is 0 Å². The molecule has 0 radical (unpaired) electrons. The number of halogens is 1. The zero-order chi connectivity index (χ0) is 22.1. The molecule has 6 heteroatoms. The third-order valence-electron chi connectivity index (χ3n) is 4.90. The molecule has 0 aliphatic heterocycles. The second-order valence-corrected chi connectivity index (χ2v) is 7.52. The SMILES string of the molecule is COc1cc(C(C)NCc2cccc(OCc3ccccc3Cl)c2)ccc1OCCO. The van der Waals surface area contributed by atoms with Crippen LogP contribution in [-0.2, 0) is 13.2 Å². The lowest BCUT2D eigenvalue weighted by Gasteiger charge is -2.17. The summed E-state index contributed by atoms with van der Waals surface area (Å²) in [6.45, 7) is 3.41. The monoisotopic (exact) mass is 441 g/mol. The lowest BCUT2D eigenvalue weighted by molar-refractivity contribution is 0.196. The highest BCUT2D eigenvalue weighted by molar-refractivity contribution is 6.31. The Bertz CT molecular complexity index is 979. The minimum Gasteiger partial charge on any atom is -0.493 e. The molecule has 0 aliphatic carbocycles. The molecule has 0 spiro atoms. The van der Waals surface area contributed by atoms with E-state index >= 15 is 0 Å². The molecular weight excluding hydrogens is 414 g/mol. The first kappa shape index (κ1) is 22.9. The summed E-state index contributed by atoms with van der Waals surface area (Å²) in [5, 5.41) is 13.2. The zero-order valence-electron chi connectivity index (χ0n) is 17.8. The first-order chi connectivity index (χ1) is 15.1. The molecule has 0 bridgehead atoms. The van der Waals surface area contributed by atoms with Gasteiger partial charge in [-0.25, -0.2) is 0 Å². The van der Waals surface area contributed by atoms with E-state index in [4.69, 9.17) is 30.9 Å². The quantitative estimate of drug-likeness (QED) is 0.431. The summed E-state index contributed by atoms with van der Waals surface area (Å²) in [6, 6.07) is 21.6. The van der Waals surface area contributed by atoms with Crippen LogP contribution in [0.15, 0.2) is 66.7 Å². The number of hydrogen-bond acceptors (Lipinski definition) is 5. The lowest BCUT2D eigenvalue weighted by Crippen LogP contribution is -2.18. The normalized spacial score (nSPS) is 11.7. The van der Waals surface area contributed by atoms with Gasteiger partial charge in [0.25, 0.3) is 0 Å². The third kappa shape index (κ3) is 6.62. The first-order valence-electron chi connectivity index (χ1n) is 10.2. The number of aliphatic hydroxyl groups is 1. The average Bonchev–Trinajstić information content (AvgIpc) is 2.80. The Hall–Kier alpha value is -2.73. The van der Waals surface area contributed by atoms with Gasteiger partial charge in [-0.3, -0.25) is 0 Å². The van der Waals surface area contributed by atoms with E-state index in [1.165, 1.54) is 0 Å². The lowest BCUT2D eigenvalue weighted by atomic mass is 10.1. The largest absolute Gasteiger partial charge is 0.493 e. The van der Waals surface area contributed by atoms with E-state index in [1.807, 2.05) is 60.7 Å². The smallest absolute Gasteiger partial charge is 0.161 e. The van der Waals surface area contributed by atoms with Crippen molar-refractivity contribution in [3.63, 3.8) is 0 Å². The minimum absolute atomic E-state index is 0.0377. The summed E-state index contributed by atoms with van der Waals surface area (Å²) >= 11 is 6.20. The molecule has 3 rings (SSSR count). The van der Waals surface area contributed by atoms with Crippen molar-refractivity contribution in [2.75, 3.05) is 20.3 Å². The molecule has 3 aromatic carbocycles. The molecule has 1 atom stereocenters. The van der Waals surface area contributed by atoms with Crippen molar-refractivity contribution in [3.8, 4) is 17.2 Å². The Morgan fingerprint density at radius 3 is 2.58 bits per heavy atom. The van der Waals surface area contributed by atoms with Crippen molar-refractivity contribution in [2.45, 2.75) is 26.1 Å². The van der Waals surface area contributed by atoms with Crippen LogP contribution in [0.5, 0.6) is 17.2 Å². The maximum atomic E-state index is 8.94. The summed E-state index contributed by atoms with van der Waals surface area (Å²) in [6.07, 6.45) is 0. The summed E-state index contributed by atoms with van der Waals surface area (Å²) in [7, 11) is 1.61. The van der Waals surface area contributed by atoms with E-state index in [-0.39, 0.29) is 19.3 Å². The summed E-state index contributed by atoms with van der Waals surface area (Å²) in [4.78, 5) is 0. The molecule has 0 amide bonds. The standard InChI is InChI=1S/C25H28ClNO4/c1-18(20-10-11-24(30-13-12-28)25(15-20)29-2)27-16-19-6-5-8-22(14-19)31-17-21-7-3-4-9-23(21)26/h3-11,14-15,18,27-28H,12-13,16-17H2,1-2H3. The van der Waals surface area contributed by atoms with Crippen molar-refractivity contribution in [2.24, 2.45) is 0 Å². The first-order valence-corrected chi connectivity index (χ1v) is 10.6. The molecule has 0 aromatic heterocycles. The third-order valence-corrected chi connectivity index (χ3v) is 5.27. The molecule has 0 heterocycles. The fourth-order valence-electron chi connectivity index (χ4n) is 3.14. The maximum Gasteiger partial charge on any atom is 0.161 e. The van der Waals surface area contributed by atoms with E-state index in [1.54, 1.807) is 7.11 Å². The van der Waals surface area contributed by atoms with Crippen LogP contribution in [0.3, 0.4) is 0 Å². The summed E-state index contributed by atoms with van der Waals surface area (Å²) < 4.78 is 16.8. The molecule has 2 N–H and O–H groups in total. The van der Waals surface area contributed by atoms with Gasteiger partial charge in [-0.2, -0.15) is 0 Å². The van der Waals surface area contributed by atoms with Crippen LogP contribution in [0.1, 0.15) is 29.7 Å². The predicted octanol–water partition coefficient (Wildman–Crippen LogP) is 5.15. The highest BCUT2D eigenvalue weighted by Gasteiger charge is 2.11. The second kappa shape index (κ2) is 11.6. The van der Waals surface area contributed by atoms with Gasteiger partial charge in [0.2, 0.25) is 0 Å². The Morgan fingerprint density at radius 2 is 1.81 bits per heavy atom. The summed E-state index contributed by atoms with van der Waals surface area (Å²) in [5.41, 5.74) is 3.17. The predicted molar refractivity (Wildman–Crippen MR) is 123 cm³/mol. The van der Waals surface area contributed by atoms with E-state index in [2.05, 4.69) is 18.3 Å². The number of nitrogens with one attached hydrogen (secondary N) is 1. The van der Waals surface area contributed by atoms with Crippen LogP contribution in [0.4, 0.5) is 0 Å². The van der Waals surface area contributed by atoms with Gasteiger partial charge in [-0.15, -0.1) is 0 Å². The molecule has 0 saturated heterocycles. The number of ether oxygens (including phenoxy) is 3. The van der Waals surface area contributed by atoms with Gasteiger partial charge in [-0.1, -0.05) is 48.0 Å². The summed E-state index contributed by atoms with van der Waals surface area (Å²) in [5.74, 6) is 2.07. The molecule has 3 aromatic rings. The molecule has 5 nitrogen and oxygen atoms in total. The highest BCUT2D eigenvalue weighted by atomic mass is 35.5. The van der Waals surface area contributed by atoms with Crippen molar-refractivity contribution < 1.29 is 19.3 Å². The number of methoxy groups -OCH3 is 1. The molecule has 0 aliphatic rings. The van der Waals surface area contributed by atoms with Gasteiger partial charge < -0.3 is 24.6 Å². The van der Waals surface area contributed by atoms with Crippen LogP contribution < -0.4 is 19.5 Å². The molecule has 1 unspecified atom stereocenters. The average molecular weight is 442 g/mol. The molecule has 31 heavy (non-hydrogen) atoms. The van der Waals surface area contributed by atoms with Crippen molar-refractivity contribution in [1.29, 1.82) is 0 Å².